The van der Waals surface area contributed by atoms with Crippen molar-refractivity contribution in [2.45, 2.75) is 32.2 Å². The maximum atomic E-state index is 13.0. The Morgan fingerprint density at radius 2 is 1.82 bits per heavy atom. The normalized spacial score (nSPS) is 19.8. The lowest BCUT2D eigenvalue weighted by molar-refractivity contribution is -0.173. The lowest BCUT2D eigenvalue weighted by atomic mass is 9.98. The number of oxime groups is 1. The van der Waals surface area contributed by atoms with Crippen LogP contribution >= 0.6 is 11.8 Å². The third-order valence-electron chi connectivity index (χ3n) is 4.90. The molecule has 38 heavy (non-hydrogen) atoms. The molecule has 0 saturated carbocycles. The second-order valence-electron chi connectivity index (χ2n) is 8.99. The monoisotopic (exact) mass is 579 g/mol. The van der Waals surface area contributed by atoms with E-state index in [-0.39, 0.29) is 18.1 Å². The smallest absolute Gasteiger partial charge is 0.358 e. The number of carbonyl (C=O) groups is 5. The van der Waals surface area contributed by atoms with Gasteiger partial charge in [-0.3, -0.25) is 28.3 Å². The van der Waals surface area contributed by atoms with Gasteiger partial charge in [-0.05, 0) is 26.3 Å². The van der Waals surface area contributed by atoms with Crippen molar-refractivity contribution < 1.29 is 55.6 Å². The Labute approximate surface area is 223 Å². The number of nitrogens with zero attached hydrogens (tertiary/aromatic N) is 2. The van der Waals surface area contributed by atoms with E-state index in [1.165, 1.54) is 18.9 Å². The van der Waals surface area contributed by atoms with Gasteiger partial charge in [-0.15, -0.1) is 11.8 Å². The Morgan fingerprint density at radius 1 is 1.16 bits per heavy atom. The molecule has 0 aromatic carbocycles. The van der Waals surface area contributed by atoms with Crippen molar-refractivity contribution in [1.29, 1.82) is 0 Å². The van der Waals surface area contributed by atoms with Crippen LogP contribution in [0.3, 0.4) is 0 Å². The van der Waals surface area contributed by atoms with E-state index < -0.39 is 75.6 Å². The van der Waals surface area contributed by atoms with Gasteiger partial charge in [-0.2, -0.15) is 8.42 Å². The average molecular weight is 580 g/mol. The molecule has 212 valence electrons. The van der Waals surface area contributed by atoms with Crippen molar-refractivity contribution >= 4 is 57.1 Å². The Balaban J connectivity index is 2.15. The van der Waals surface area contributed by atoms with Crippen LogP contribution in [0.1, 0.15) is 20.8 Å². The number of hydrogen-bond acceptors (Lipinski definition) is 14. The number of amides is 2. The fraction of sp³-hybridized carbons (Fsp3) is 0.619. The summed E-state index contributed by atoms with van der Waals surface area (Å²) in [4.78, 5) is 68.3. The lowest BCUT2D eigenvalue weighted by Gasteiger charge is -2.49. The number of thioether (sulfide) groups is 1. The van der Waals surface area contributed by atoms with Crippen LogP contribution in [-0.4, -0.2) is 106 Å². The molecule has 0 aromatic rings. The molecule has 1 saturated heterocycles. The molecule has 15 nitrogen and oxygen atoms in total. The number of rotatable bonds is 12. The number of nitrogens with one attached hydrogen (secondary N) is 1. The summed E-state index contributed by atoms with van der Waals surface area (Å²) in [7, 11) is -1.51. The van der Waals surface area contributed by atoms with Crippen LogP contribution in [-0.2, 0) is 57.3 Å². The molecule has 17 heteroatoms. The van der Waals surface area contributed by atoms with Gasteiger partial charge >= 0.3 is 11.9 Å². The molecule has 0 spiro atoms. The van der Waals surface area contributed by atoms with E-state index in [9.17, 15) is 32.4 Å². The van der Waals surface area contributed by atoms with Crippen LogP contribution in [0.25, 0.3) is 0 Å². The molecule has 2 atom stereocenters. The predicted molar refractivity (Wildman–Crippen MR) is 131 cm³/mol. The summed E-state index contributed by atoms with van der Waals surface area (Å²) in [5, 5.41) is 4.91. The number of hydrogen-bond donors (Lipinski definition) is 1. The Bertz CT molecular complexity index is 1160. The maximum Gasteiger partial charge on any atom is 0.358 e. The summed E-state index contributed by atoms with van der Waals surface area (Å²) in [6, 6.07) is -1.16. The second-order valence-corrected chi connectivity index (χ2v) is 11.7. The Kier molecular flexibility index (Phi) is 10.4. The molecule has 2 rings (SSSR count). The summed E-state index contributed by atoms with van der Waals surface area (Å²) >= 11 is 1.21. The fourth-order valence-electron chi connectivity index (χ4n) is 3.13. The summed E-state index contributed by atoms with van der Waals surface area (Å²) in [6.45, 7) is 3.21. The van der Waals surface area contributed by atoms with Crippen LogP contribution in [0.5, 0.6) is 0 Å². The highest BCUT2D eigenvalue weighted by Gasteiger charge is 2.55. The molecule has 0 aromatic heterocycles. The van der Waals surface area contributed by atoms with Gasteiger partial charge in [0, 0.05) is 12.9 Å². The second kappa shape index (κ2) is 12.7. The highest BCUT2D eigenvalue weighted by Crippen LogP contribution is 2.40. The first-order chi connectivity index (χ1) is 17.6. The molecular formula is C21H29N3O12S2. The van der Waals surface area contributed by atoms with Gasteiger partial charge in [0.25, 0.3) is 21.9 Å². The molecular weight excluding hydrogens is 550 g/mol. The molecule has 0 bridgehead atoms. The van der Waals surface area contributed by atoms with Gasteiger partial charge in [0.2, 0.25) is 18.3 Å². The van der Waals surface area contributed by atoms with Gasteiger partial charge in [-0.25, -0.2) is 4.79 Å². The topological polar surface area (TPSA) is 193 Å². The zero-order valence-electron chi connectivity index (χ0n) is 21.6. The van der Waals surface area contributed by atoms with Crippen molar-refractivity contribution in [1.82, 2.24) is 10.2 Å². The zero-order chi connectivity index (χ0) is 28.8. The van der Waals surface area contributed by atoms with Gasteiger partial charge in [0.05, 0.1) is 18.3 Å². The first-order valence-corrected chi connectivity index (χ1v) is 13.8. The summed E-state index contributed by atoms with van der Waals surface area (Å²) in [6.07, 6.45) is 0.720. The molecule has 1 N–H and O–H groups in total. The van der Waals surface area contributed by atoms with Crippen molar-refractivity contribution in [3.8, 4) is 0 Å². The van der Waals surface area contributed by atoms with E-state index in [4.69, 9.17) is 14.2 Å². The molecule has 1 unspecified atom stereocenters. The van der Waals surface area contributed by atoms with Gasteiger partial charge in [-0.1, -0.05) is 5.16 Å². The van der Waals surface area contributed by atoms with Crippen LogP contribution in [0.15, 0.2) is 16.4 Å². The largest absolute Gasteiger partial charge is 0.427 e. The molecule has 0 radical (unpaired) electrons. The first-order valence-electron chi connectivity index (χ1n) is 10.9. The number of β-lactam (4-membered cyclic amide) rings is 1. The van der Waals surface area contributed by atoms with Crippen molar-refractivity contribution in [3.63, 3.8) is 0 Å². The maximum absolute atomic E-state index is 13.0. The standard InChI is InChI=1S/C21H29N3O12S2/c1-21(2,3)20(29)35-10-34-19(28)15-11(7-32-4)9-37-18-14(17(27)24(15)18)22-16(26)13(23-33-5)12(25)8-36-38(6,30)31/h14,18H,7-10H2,1-6H3,(H,22,26)/b23-13-/t14?,18-/m1/s1. The Hall–Kier alpha value is -3.02. The molecule has 2 heterocycles. The highest BCUT2D eigenvalue weighted by molar-refractivity contribution is 8.00. The lowest BCUT2D eigenvalue weighted by Crippen LogP contribution is -2.71. The molecule has 2 aliphatic heterocycles. The summed E-state index contributed by atoms with van der Waals surface area (Å²) < 4.78 is 41.8. The minimum absolute atomic E-state index is 0.00617. The number of ether oxygens (including phenoxy) is 3. The minimum atomic E-state index is -3.98. The molecule has 0 aliphatic carbocycles. The Morgan fingerprint density at radius 3 is 2.37 bits per heavy atom. The summed E-state index contributed by atoms with van der Waals surface area (Å²) in [5.74, 6) is -4.21. The van der Waals surface area contributed by atoms with Gasteiger partial charge in [0.15, 0.2) is 0 Å². The number of carbonyl (C=O) groups excluding carboxylic acids is 5. The number of fused-ring (bicyclic) bond motifs is 1. The SMILES string of the molecule is COCC1=C(C(=O)OCOC(=O)C(C)(C)C)N2C(=O)C(NC(=O)/C(=N\OC)C(=O)COS(C)(=O)=O)[C@H]2SC1. The first kappa shape index (κ1) is 31.2. The van der Waals surface area contributed by atoms with Gasteiger partial charge in [0.1, 0.15) is 30.8 Å². The van der Waals surface area contributed by atoms with Crippen molar-refractivity contribution in [2.24, 2.45) is 10.6 Å². The molecule has 2 amide bonds. The fourth-order valence-corrected chi connectivity index (χ4v) is 4.78. The van der Waals surface area contributed by atoms with E-state index in [1.807, 2.05) is 0 Å². The number of esters is 2. The predicted octanol–water partition coefficient (Wildman–Crippen LogP) is -1.08. The van der Waals surface area contributed by atoms with Crippen LogP contribution in [0, 0.1) is 5.41 Å². The minimum Gasteiger partial charge on any atom is -0.427 e. The van der Waals surface area contributed by atoms with Crippen molar-refractivity contribution in [3.05, 3.63) is 11.3 Å². The van der Waals surface area contributed by atoms with Crippen LogP contribution in [0.2, 0.25) is 0 Å². The number of ketones is 1. The highest BCUT2D eigenvalue weighted by atomic mass is 32.2. The third-order valence-corrected chi connectivity index (χ3v) is 6.79. The van der Waals surface area contributed by atoms with Crippen LogP contribution < -0.4 is 5.32 Å². The quantitative estimate of drug-likeness (QED) is 0.0559. The van der Waals surface area contributed by atoms with Crippen molar-refractivity contribution in [2.75, 3.05) is 46.2 Å². The van der Waals surface area contributed by atoms with E-state index in [0.29, 0.717) is 5.57 Å². The van der Waals surface area contributed by atoms with E-state index >= 15 is 0 Å². The molecule has 1 fully saturated rings. The number of methoxy groups -OCH3 is 1. The average Bonchev–Trinajstić information content (AvgIpc) is 2.82. The van der Waals surface area contributed by atoms with Gasteiger partial charge < -0.3 is 24.4 Å². The van der Waals surface area contributed by atoms with E-state index in [1.54, 1.807) is 20.8 Å². The number of Topliss-reactive ketones (excluding diaryl/α,β-unsaturated/α-hetero) is 1. The third kappa shape index (κ3) is 7.75. The summed E-state index contributed by atoms with van der Waals surface area (Å²) in [5.41, 5.74) is -1.31. The zero-order valence-corrected chi connectivity index (χ0v) is 23.2. The van der Waals surface area contributed by atoms with Crippen LogP contribution in [0.4, 0.5) is 0 Å². The van der Waals surface area contributed by atoms with E-state index in [0.717, 1.165) is 18.3 Å². The molecule has 2 aliphatic rings. The van der Waals surface area contributed by atoms with E-state index in [2.05, 4.69) is 19.5 Å².